The number of nitrogens with one attached hydrogen (secondary N) is 1. The van der Waals surface area contributed by atoms with Gasteiger partial charge >= 0.3 is 0 Å². The summed E-state index contributed by atoms with van der Waals surface area (Å²) in [5, 5.41) is 4.10. The molecule has 31 heavy (non-hydrogen) atoms. The fraction of sp³-hybridized carbons (Fsp3) is 0.409. The van der Waals surface area contributed by atoms with E-state index >= 15 is 0 Å². The molecule has 5 N–H and O–H groups in total. The highest BCUT2D eigenvalue weighted by molar-refractivity contribution is 6.35. The number of carbonyl (C=O) groups excluding carboxylic acids is 2. The van der Waals surface area contributed by atoms with Crippen LogP contribution in [0.3, 0.4) is 0 Å². The minimum absolute atomic E-state index is 0.148. The van der Waals surface area contributed by atoms with Gasteiger partial charge in [0.05, 0.1) is 12.1 Å². The van der Waals surface area contributed by atoms with E-state index in [2.05, 4.69) is 10.3 Å². The third-order valence-electron chi connectivity index (χ3n) is 5.82. The third-order valence-corrected chi connectivity index (χ3v) is 6.41. The maximum Gasteiger partial charge on any atom is 0.237 e. The van der Waals surface area contributed by atoms with E-state index in [0.717, 1.165) is 16.8 Å². The van der Waals surface area contributed by atoms with Crippen LogP contribution in [0, 0.1) is 12.8 Å². The van der Waals surface area contributed by atoms with Crippen molar-refractivity contribution in [3.05, 3.63) is 57.2 Å². The van der Waals surface area contributed by atoms with Gasteiger partial charge in [-0.3, -0.25) is 14.5 Å². The van der Waals surface area contributed by atoms with Gasteiger partial charge in [-0.2, -0.15) is 0 Å². The van der Waals surface area contributed by atoms with Crippen LogP contribution in [0.4, 0.5) is 5.82 Å². The van der Waals surface area contributed by atoms with Crippen LogP contribution in [0.2, 0.25) is 10.0 Å². The van der Waals surface area contributed by atoms with Gasteiger partial charge in [-0.15, -0.1) is 0 Å². The number of rotatable bonds is 7. The number of nitrogens with two attached hydrogens (primary N) is 2. The molecule has 0 radical (unpaired) electrons. The predicted octanol–water partition coefficient (Wildman–Crippen LogP) is 2.70. The van der Waals surface area contributed by atoms with Gasteiger partial charge in [-0.25, -0.2) is 4.98 Å². The standard InChI is InChI=1S/C22H27Cl2N5O2/c1-12-16(4-6-20(25)28-12)10-27-22(31)13(2)29-11-14(8-19(29)21(26)30)7-15-3-5-17(23)9-18(15)24/h3-6,9,13-14,19H,7-8,10-11H2,1-2H3,(H2,25,28)(H2,26,30)(H,27,31)/t13-,14?,19?/m0/s1. The van der Waals surface area contributed by atoms with E-state index < -0.39 is 18.0 Å². The van der Waals surface area contributed by atoms with Crippen LogP contribution in [0.1, 0.15) is 30.2 Å². The molecule has 1 fully saturated rings. The molecule has 1 saturated heterocycles. The van der Waals surface area contributed by atoms with Crippen LogP contribution < -0.4 is 16.8 Å². The van der Waals surface area contributed by atoms with Crippen LogP contribution in [0.5, 0.6) is 0 Å². The number of pyridine rings is 1. The average Bonchev–Trinajstić information content (AvgIpc) is 3.13. The summed E-state index contributed by atoms with van der Waals surface area (Å²) in [5.74, 6) is -0.0142. The second-order valence-corrected chi connectivity index (χ2v) is 8.87. The molecule has 7 nitrogen and oxygen atoms in total. The number of benzene rings is 1. The molecular weight excluding hydrogens is 437 g/mol. The predicted molar refractivity (Wildman–Crippen MR) is 123 cm³/mol. The van der Waals surface area contributed by atoms with Crippen LogP contribution in [0.25, 0.3) is 0 Å². The van der Waals surface area contributed by atoms with Gasteiger partial charge in [0.2, 0.25) is 11.8 Å². The SMILES string of the molecule is Cc1nc(N)ccc1CNC(=O)[C@H](C)N1CC(Cc2ccc(Cl)cc2Cl)CC1C(N)=O. The Labute approximate surface area is 192 Å². The molecule has 1 aromatic carbocycles. The zero-order valence-electron chi connectivity index (χ0n) is 17.6. The van der Waals surface area contributed by atoms with Gasteiger partial charge in [0.25, 0.3) is 0 Å². The molecule has 9 heteroatoms. The fourth-order valence-electron chi connectivity index (χ4n) is 4.08. The molecule has 2 aromatic rings. The van der Waals surface area contributed by atoms with E-state index in [0.29, 0.717) is 41.8 Å². The van der Waals surface area contributed by atoms with Crippen molar-refractivity contribution in [2.45, 2.75) is 45.3 Å². The van der Waals surface area contributed by atoms with E-state index in [1.54, 1.807) is 25.1 Å². The first-order chi connectivity index (χ1) is 14.7. The number of primary amides is 1. The van der Waals surface area contributed by atoms with E-state index in [1.807, 2.05) is 24.0 Å². The van der Waals surface area contributed by atoms with E-state index in [9.17, 15) is 9.59 Å². The van der Waals surface area contributed by atoms with Crippen molar-refractivity contribution in [1.29, 1.82) is 0 Å². The molecule has 2 unspecified atom stereocenters. The fourth-order valence-corrected chi connectivity index (χ4v) is 4.57. The second-order valence-electron chi connectivity index (χ2n) is 8.03. The summed E-state index contributed by atoms with van der Waals surface area (Å²) in [5.41, 5.74) is 14.0. The Balaban J connectivity index is 1.65. The Morgan fingerprint density at radius 1 is 1.26 bits per heavy atom. The molecule has 1 aliphatic rings. The van der Waals surface area contributed by atoms with Crippen molar-refractivity contribution in [3.63, 3.8) is 0 Å². The molecule has 0 bridgehead atoms. The van der Waals surface area contributed by atoms with Gasteiger partial charge in [0.1, 0.15) is 5.82 Å². The highest BCUT2D eigenvalue weighted by Crippen LogP contribution is 2.31. The smallest absolute Gasteiger partial charge is 0.237 e. The molecule has 2 heterocycles. The van der Waals surface area contributed by atoms with Crippen LogP contribution >= 0.6 is 23.2 Å². The maximum absolute atomic E-state index is 12.8. The van der Waals surface area contributed by atoms with Crippen LogP contribution in [-0.2, 0) is 22.6 Å². The molecule has 3 atom stereocenters. The Bertz CT molecular complexity index is 984. The molecule has 0 saturated carbocycles. The zero-order valence-corrected chi connectivity index (χ0v) is 19.1. The van der Waals surface area contributed by atoms with Crippen molar-refractivity contribution < 1.29 is 9.59 Å². The Morgan fingerprint density at radius 2 is 1.97 bits per heavy atom. The summed E-state index contributed by atoms with van der Waals surface area (Å²) in [6.45, 7) is 4.54. The lowest BCUT2D eigenvalue weighted by atomic mass is 9.96. The summed E-state index contributed by atoms with van der Waals surface area (Å²) in [6.07, 6.45) is 1.26. The normalized spacial score (nSPS) is 19.9. The highest BCUT2D eigenvalue weighted by atomic mass is 35.5. The minimum Gasteiger partial charge on any atom is -0.384 e. The number of nitrogen functional groups attached to an aromatic ring is 1. The molecule has 1 aromatic heterocycles. The van der Waals surface area contributed by atoms with Crippen LogP contribution in [0.15, 0.2) is 30.3 Å². The first-order valence-corrected chi connectivity index (χ1v) is 10.9. The Hall–Kier alpha value is -2.35. The lowest BCUT2D eigenvalue weighted by Gasteiger charge is -2.28. The van der Waals surface area contributed by atoms with E-state index in [1.165, 1.54) is 0 Å². The molecule has 3 rings (SSSR count). The van der Waals surface area contributed by atoms with Crippen molar-refractivity contribution >= 4 is 40.8 Å². The van der Waals surface area contributed by atoms with Gasteiger partial charge in [0, 0.05) is 28.8 Å². The van der Waals surface area contributed by atoms with Gasteiger partial charge in [-0.1, -0.05) is 35.3 Å². The van der Waals surface area contributed by atoms with E-state index in [-0.39, 0.29) is 11.8 Å². The number of hydrogen-bond donors (Lipinski definition) is 3. The highest BCUT2D eigenvalue weighted by Gasteiger charge is 2.40. The number of anilines is 1. The number of carbonyl (C=O) groups is 2. The van der Waals surface area contributed by atoms with Crippen molar-refractivity contribution in [3.8, 4) is 0 Å². The summed E-state index contributed by atoms with van der Waals surface area (Å²) in [7, 11) is 0. The topological polar surface area (TPSA) is 114 Å². The molecule has 166 valence electrons. The Kier molecular flexibility index (Phi) is 7.41. The number of aromatic nitrogens is 1. The number of likely N-dealkylation sites (tertiary alicyclic amines) is 1. The summed E-state index contributed by atoms with van der Waals surface area (Å²) < 4.78 is 0. The summed E-state index contributed by atoms with van der Waals surface area (Å²) in [6, 6.07) is 7.93. The number of halogens is 2. The third kappa shape index (κ3) is 5.67. The Morgan fingerprint density at radius 3 is 2.61 bits per heavy atom. The number of amides is 2. The second kappa shape index (κ2) is 9.85. The summed E-state index contributed by atoms with van der Waals surface area (Å²) >= 11 is 12.3. The van der Waals surface area contributed by atoms with Gasteiger partial charge in [0.15, 0.2) is 0 Å². The monoisotopic (exact) mass is 463 g/mol. The molecule has 2 amide bonds. The number of aryl methyl sites for hydroxylation is 1. The lowest BCUT2D eigenvalue weighted by molar-refractivity contribution is -0.129. The van der Waals surface area contributed by atoms with Crippen molar-refractivity contribution in [2.75, 3.05) is 12.3 Å². The van der Waals surface area contributed by atoms with E-state index in [4.69, 9.17) is 34.7 Å². The number of hydrogen-bond acceptors (Lipinski definition) is 5. The maximum atomic E-state index is 12.8. The average molecular weight is 464 g/mol. The quantitative estimate of drug-likeness (QED) is 0.583. The molecular formula is C22H27Cl2N5O2. The molecule has 0 spiro atoms. The summed E-state index contributed by atoms with van der Waals surface area (Å²) in [4.78, 5) is 31.0. The van der Waals surface area contributed by atoms with Crippen LogP contribution in [-0.4, -0.2) is 40.3 Å². The minimum atomic E-state index is -0.509. The van der Waals surface area contributed by atoms with Crippen molar-refractivity contribution in [2.24, 2.45) is 11.7 Å². The lowest BCUT2D eigenvalue weighted by Crippen LogP contribution is -2.51. The van der Waals surface area contributed by atoms with Gasteiger partial charge in [-0.05, 0) is 61.9 Å². The first-order valence-electron chi connectivity index (χ1n) is 10.1. The molecule has 0 aliphatic carbocycles. The number of nitrogens with zero attached hydrogens (tertiary/aromatic N) is 2. The van der Waals surface area contributed by atoms with Crippen molar-refractivity contribution in [1.82, 2.24) is 15.2 Å². The van der Waals surface area contributed by atoms with Gasteiger partial charge < -0.3 is 16.8 Å². The first kappa shape index (κ1) is 23.3. The molecule has 1 aliphatic heterocycles. The zero-order chi connectivity index (χ0) is 22.7. The largest absolute Gasteiger partial charge is 0.384 e.